The zero-order valence-electron chi connectivity index (χ0n) is 15.6. The van der Waals surface area contributed by atoms with E-state index in [9.17, 15) is 4.79 Å². The maximum absolute atomic E-state index is 13.0. The van der Waals surface area contributed by atoms with Gasteiger partial charge in [-0.05, 0) is 30.7 Å². The van der Waals surface area contributed by atoms with Gasteiger partial charge in [-0.3, -0.25) is 4.57 Å². The topological polar surface area (TPSA) is 65.4 Å². The number of fused-ring (bicyclic) bond motifs is 3. The van der Waals surface area contributed by atoms with Crippen LogP contribution >= 0.6 is 11.6 Å². The van der Waals surface area contributed by atoms with Crippen molar-refractivity contribution in [3.05, 3.63) is 70.4 Å². The van der Waals surface area contributed by atoms with Crippen LogP contribution in [0.25, 0.3) is 11.0 Å². The van der Waals surface area contributed by atoms with Crippen LogP contribution in [-0.2, 0) is 14.3 Å². The normalized spacial score (nSPS) is 16.0. The lowest BCUT2D eigenvalue weighted by atomic mass is 9.95. The zero-order chi connectivity index (χ0) is 19.7. The molecule has 0 amide bonds. The molecule has 0 fully saturated rings. The molecule has 1 aliphatic heterocycles. The number of hydrogen-bond donors (Lipinski definition) is 1. The van der Waals surface area contributed by atoms with Crippen molar-refractivity contribution in [1.29, 1.82) is 0 Å². The quantitative estimate of drug-likeness (QED) is 0.517. The Morgan fingerprint density at radius 2 is 1.93 bits per heavy atom. The fourth-order valence-corrected chi connectivity index (χ4v) is 3.75. The van der Waals surface area contributed by atoms with Crippen molar-refractivity contribution in [3.63, 3.8) is 0 Å². The smallest absolute Gasteiger partial charge is 0.338 e. The molecule has 1 aliphatic rings. The fraction of sp³-hybridized carbons (Fsp3) is 0.238. The maximum atomic E-state index is 13.0. The molecule has 7 heteroatoms. The number of imidazole rings is 1. The molecular formula is C21H20ClN3O3. The van der Waals surface area contributed by atoms with Crippen LogP contribution < -0.4 is 5.32 Å². The van der Waals surface area contributed by atoms with E-state index < -0.39 is 12.0 Å². The van der Waals surface area contributed by atoms with E-state index in [4.69, 9.17) is 21.1 Å². The van der Waals surface area contributed by atoms with Crippen molar-refractivity contribution in [2.75, 3.05) is 25.6 Å². The number of esters is 1. The van der Waals surface area contributed by atoms with Gasteiger partial charge in [-0.25, -0.2) is 9.78 Å². The number of para-hydroxylation sites is 2. The zero-order valence-corrected chi connectivity index (χ0v) is 16.4. The Hall–Kier alpha value is -2.83. The lowest BCUT2D eigenvalue weighted by molar-refractivity contribution is -0.140. The molecule has 1 N–H and O–H groups in total. The minimum Gasteiger partial charge on any atom is -0.460 e. The van der Waals surface area contributed by atoms with E-state index in [0.717, 1.165) is 16.6 Å². The Morgan fingerprint density at radius 1 is 1.18 bits per heavy atom. The summed E-state index contributed by atoms with van der Waals surface area (Å²) in [6.07, 6.45) is 0. The molecular weight excluding hydrogens is 378 g/mol. The number of rotatable bonds is 5. The van der Waals surface area contributed by atoms with Crippen LogP contribution in [0.3, 0.4) is 0 Å². The van der Waals surface area contributed by atoms with Gasteiger partial charge in [0.25, 0.3) is 0 Å². The first-order valence-corrected chi connectivity index (χ1v) is 9.35. The fourth-order valence-electron chi connectivity index (χ4n) is 3.51. The minimum absolute atomic E-state index is 0.179. The summed E-state index contributed by atoms with van der Waals surface area (Å²) in [5.74, 6) is 0.257. The van der Waals surface area contributed by atoms with E-state index in [1.54, 1.807) is 7.11 Å². The molecule has 1 aromatic heterocycles. The van der Waals surface area contributed by atoms with Gasteiger partial charge < -0.3 is 14.8 Å². The predicted molar refractivity (Wildman–Crippen MR) is 108 cm³/mol. The number of aromatic nitrogens is 2. The predicted octanol–water partition coefficient (Wildman–Crippen LogP) is 4.17. The lowest BCUT2D eigenvalue weighted by Gasteiger charge is -2.30. The lowest BCUT2D eigenvalue weighted by Crippen LogP contribution is -2.29. The number of nitrogens with zero attached hydrogens (tertiary/aromatic N) is 2. The number of carbonyl (C=O) groups is 1. The van der Waals surface area contributed by atoms with Crippen LogP contribution in [-0.4, -0.2) is 35.8 Å². The first-order chi connectivity index (χ1) is 13.6. The molecule has 0 spiro atoms. The third-order valence-electron chi connectivity index (χ3n) is 4.77. The van der Waals surface area contributed by atoms with Gasteiger partial charge in [0.2, 0.25) is 5.95 Å². The van der Waals surface area contributed by atoms with Gasteiger partial charge in [-0.1, -0.05) is 41.9 Å². The van der Waals surface area contributed by atoms with Gasteiger partial charge in [0, 0.05) is 17.8 Å². The Morgan fingerprint density at radius 3 is 2.71 bits per heavy atom. The largest absolute Gasteiger partial charge is 0.460 e. The van der Waals surface area contributed by atoms with E-state index in [1.165, 1.54) is 0 Å². The Labute approximate surface area is 167 Å². The monoisotopic (exact) mass is 397 g/mol. The number of nitrogens with one attached hydrogen (secondary N) is 1. The van der Waals surface area contributed by atoms with Crippen molar-refractivity contribution < 1.29 is 14.3 Å². The van der Waals surface area contributed by atoms with Gasteiger partial charge in [-0.15, -0.1) is 0 Å². The summed E-state index contributed by atoms with van der Waals surface area (Å²) in [7, 11) is 1.57. The first-order valence-electron chi connectivity index (χ1n) is 8.97. The number of methoxy groups -OCH3 is 1. The summed E-state index contributed by atoms with van der Waals surface area (Å²) in [4.78, 5) is 17.7. The molecule has 4 rings (SSSR count). The molecule has 0 bridgehead atoms. The highest BCUT2D eigenvalue weighted by Gasteiger charge is 2.35. The molecule has 0 saturated heterocycles. The molecule has 0 saturated carbocycles. The van der Waals surface area contributed by atoms with Gasteiger partial charge in [0.05, 0.1) is 29.3 Å². The Kier molecular flexibility index (Phi) is 5.07. The van der Waals surface area contributed by atoms with Crippen molar-refractivity contribution >= 4 is 34.6 Å². The van der Waals surface area contributed by atoms with Crippen LogP contribution in [0.15, 0.2) is 59.8 Å². The molecule has 0 aliphatic carbocycles. The minimum atomic E-state index is -0.451. The van der Waals surface area contributed by atoms with Crippen LogP contribution in [0.1, 0.15) is 18.5 Å². The van der Waals surface area contributed by atoms with Gasteiger partial charge >= 0.3 is 5.97 Å². The van der Waals surface area contributed by atoms with Crippen LogP contribution in [0.5, 0.6) is 0 Å². The molecule has 3 aromatic rings. The Balaban J connectivity index is 1.89. The average molecular weight is 398 g/mol. The van der Waals surface area contributed by atoms with E-state index >= 15 is 0 Å². The summed E-state index contributed by atoms with van der Waals surface area (Å²) >= 11 is 6.54. The highest BCUT2D eigenvalue weighted by molar-refractivity contribution is 6.31. The molecule has 0 radical (unpaired) electrons. The van der Waals surface area contributed by atoms with E-state index in [1.807, 2.05) is 60.0 Å². The number of allylic oxidation sites excluding steroid dienone is 1. The number of benzene rings is 2. The average Bonchev–Trinajstić information content (AvgIpc) is 3.05. The summed E-state index contributed by atoms with van der Waals surface area (Å²) in [6, 6.07) is 14.9. The number of ether oxygens (including phenoxy) is 2. The third kappa shape index (κ3) is 3.15. The van der Waals surface area contributed by atoms with Crippen LogP contribution in [0.4, 0.5) is 5.95 Å². The molecule has 28 heavy (non-hydrogen) atoms. The molecule has 2 aromatic carbocycles. The van der Waals surface area contributed by atoms with E-state index in [-0.39, 0.29) is 6.61 Å². The second-order valence-electron chi connectivity index (χ2n) is 6.51. The number of hydrogen-bond acceptors (Lipinski definition) is 5. The maximum Gasteiger partial charge on any atom is 0.338 e. The standard InChI is InChI=1S/C21H20ClN3O3/c1-13-18(20(26)28-12-11-27-2)19(14-7-3-4-8-15(14)22)25-17-10-6-5-9-16(17)24-21(25)23-13/h3-10,19H,11-12H2,1-2H3,(H,23,24). The highest BCUT2D eigenvalue weighted by atomic mass is 35.5. The van der Waals surface area contributed by atoms with Crippen molar-refractivity contribution in [2.45, 2.75) is 13.0 Å². The summed E-state index contributed by atoms with van der Waals surface area (Å²) in [5, 5.41) is 3.82. The Bertz CT molecular complexity index is 1070. The van der Waals surface area contributed by atoms with E-state index in [0.29, 0.717) is 28.8 Å². The molecule has 1 atom stereocenters. The second kappa shape index (κ2) is 7.66. The second-order valence-corrected chi connectivity index (χ2v) is 6.92. The molecule has 1 unspecified atom stereocenters. The van der Waals surface area contributed by atoms with Crippen LogP contribution in [0.2, 0.25) is 5.02 Å². The van der Waals surface area contributed by atoms with Gasteiger partial charge in [0.15, 0.2) is 0 Å². The SMILES string of the molecule is COCCOC(=O)C1=C(C)Nc2nc3ccccc3n2C1c1ccccc1Cl. The molecule has 6 nitrogen and oxygen atoms in total. The number of anilines is 1. The molecule has 2 heterocycles. The van der Waals surface area contributed by atoms with Crippen molar-refractivity contribution in [1.82, 2.24) is 9.55 Å². The first kappa shape index (κ1) is 18.5. The van der Waals surface area contributed by atoms with E-state index in [2.05, 4.69) is 10.3 Å². The summed E-state index contributed by atoms with van der Waals surface area (Å²) < 4.78 is 12.4. The van der Waals surface area contributed by atoms with Crippen molar-refractivity contribution in [2.24, 2.45) is 0 Å². The summed E-state index contributed by atoms with van der Waals surface area (Å²) in [5.41, 5.74) is 3.75. The van der Waals surface area contributed by atoms with Crippen LogP contribution in [0, 0.1) is 0 Å². The number of carbonyl (C=O) groups excluding carboxylic acids is 1. The molecule has 144 valence electrons. The van der Waals surface area contributed by atoms with Crippen molar-refractivity contribution in [3.8, 4) is 0 Å². The number of halogens is 1. The highest BCUT2D eigenvalue weighted by Crippen LogP contribution is 2.41. The summed E-state index contributed by atoms with van der Waals surface area (Å²) in [6.45, 7) is 2.36. The third-order valence-corrected chi connectivity index (χ3v) is 5.12. The van der Waals surface area contributed by atoms with Gasteiger partial charge in [0.1, 0.15) is 6.61 Å². The van der Waals surface area contributed by atoms with Gasteiger partial charge in [-0.2, -0.15) is 0 Å².